The van der Waals surface area contributed by atoms with E-state index in [0.717, 1.165) is 15.0 Å². The number of anilines is 1. The number of nitrogens with two attached hydrogens (primary N) is 1. The Kier molecular flexibility index (Phi) is 4.86. The van der Waals surface area contributed by atoms with Crippen LogP contribution in [0.15, 0.2) is 34.0 Å². The molecule has 2 N–H and O–H groups in total. The Morgan fingerprint density at radius 3 is 2.77 bits per heavy atom. The van der Waals surface area contributed by atoms with Gasteiger partial charge >= 0.3 is 0 Å². The monoisotopic (exact) mass is 354 g/mol. The molecule has 1 aromatic carbocycles. The molecule has 9 heteroatoms. The number of nitrogen functional groups attached to an aromatic ring is 1. The third-order valence-electron chi connectivity index (χ3n) is 2.54. The second-order valence-electron chi connectivity index (χ2n) is 4.17. The van der Waals surface area contributed by atoms with Crippen molar-refractivity contribution in [1.82, 2.24) is 15.2 Å². The number of rotatable bonds is 6. The summed E-state index contributed by atoms with van der Waals surface area (Å²) >= 11 is 4.44. The minimum absolute atomic E-state index is 0.279. The number of aromatic nitrogens is 3. The quantitative estimate of drug-likeness (QED) is 0.682. The van der Waals surface area contributed by atoms with Gasteiger partial charge in [-0.25, -0.2) is 9.37 Å². The van der Waals surface area contributed by atoms with Crippen LogP contribution in [0.2, 0.25) is 0 Å². The zero-order valence-electron chi connectivity index (χ0n) is 11.2. The molecule has 2 aromatic heterocycles. The number of thiazole rings is 1. The molecule has 0 saturated heterocycles. The summed E-state index contributed by atoms with van der Waals surface area (Å²) in [6, 6.07) is 5.93. The first-order chi connectivity index (χ1) is 10.7. The molecule has 3 rings (SSSR count). The summed E-state index contributed by atoms with van der Waals surface area (Å²) in [7, 11) is 0. The van der Waals surface area contributed by atoms with Crippen molar-refractivity contribution in [2.75, 3.05) is 5.73 Å². The van der Waals surface area contributed by atoms with E-state index in [0.29, 0.717) is 23.2 Å². The minimum Gasteiger partial charge on any atom is -0.486 e. The van der Waals surface area contributed by atoms with Crippen molar-refractivity contribution < 1.29 is 9.13 Å². The molecule has 2 heterocycles. The van der Waals surface area contributed by atoms with Crippen LogP contribution in [0.3, 0.4) is 0 Å². The first-order valence-electron chi connectivity index (χ1n) is 6.22. The lowest BCUT2D eigenvalue weighted by molar-refractivity contribution is 0.305. The molecule has 0 aliphatic carbocycles. The standard InChI is InChI=1S/C13H11FN4OS3/c14-8-1-3-10(4-2-8)19-5-11-16-9(6-20-11)7-21-13-18-17-12(15)22-13/h1-4,6H,5,7H2,(H2,15,17). The zero-order chi connectivity index (χ0) is 15.4. The highest BCUT2D eigenvalue weighted by Crippen LogP contribution is 2.27. The van der Waals surface area contributed by atoms with Gasteiger partial charge in [-0.1, -0.05) is 23.1 Å². The summed E-state index contributed by atoms with van der Waals surface area (Å²) in [6.07, 6.45) is 0. The van der Waals surface area contributed by atoms with Crippen molar-refractivity contribution in [3.63, 3.8) is 0 Å². The van der Waals surface area contributed by atoms with Crippen molar-refractivity contribution in [1.29, 1.82) is 0 Å². The maximum atomic E-state index is 12.8. The highest BCUT2D eigenvalue weighted by Gasteiger charge is 2.07. The van der Waals surface area contributed by atoms with Gasteiger partial charge in [0.15, 0.2) is 4.34 Å². The van der Waals surface area contributed by atoms with Crippen LogP contribution in [0.4, 0.5) is 9.52 Å². The van der Waals surface area contributed by atoms with E-state index in [4.69, 9.17) is 10.5 Å². The van der Waals surface area contributed by atoms with E-state index in [9.17, 15) is 4.39 Å². The molecule has 5 nitrogen and oxygen atoms in total. The lowest BCUT2D eigenvalue weighted by Gasteiger charge is -2.03. The Bertz CT molecular complexity index is 744. The second-order valence-corrected chi connectivity index (χ2v) is 7.34. The number of hydrogen-bond acceptors (Lipinski definition) is 8. The first kappa shape index (κ1) is 15.2. The van der Waals surface area contributed by atoms with Crippen molar-refractivity contribution in [2.24, 2.45) is 0 Å². The zero-order valence-corrected chi connectivity index (χ0v) is 13.7. The van der Waals surface area contributed by atoms with Gasteiger partial charge in [-0.2, -0.15) is 0 Å². The van der Waals surface area contributed by atoms with Crippen LogP contribution in [-0.4, -0.2) is 15.2 Å². The summed E-state index contributed by atoms with van der Waals surface area (Å²) in [4.78, 5) is 4.49. The van der Waals surface area contributed by atoms with Crippen LogP contribution in [0.5, 0.6) is 5.75 Å². The van der Waals surface area contributed by atoms with Gasteiger partial charge in [0.25, 0.3) is 0 Å². The smallest absolute Gasteiger partial charge is 0.203 e. The van der Waals surface area contributed by atoms with Gasteiger partial charge in [0.2, 0.25) is 5.13 Å². The van der Waals surface area contributed by atoms with Gasteiger partial charge in [-0.15, -0.1) is 21.5 Å². The fourth-order valence-electron chi connectivity index (χ4n) is 1.57. The third-order valence-corrected chi connectivity index (χ3v) is 5.33. The molecule has 22 heavy (non-hydrogen) atoms. The molecule has 0 unspecified atom stereocenters. The van der Waals surface area contributed by atoms with Crippen LogP contribution in [0, 0.1) is 5.82 Å². The fraction of sp³-hybridized carbons (Fsp3) is 0.154. The van der Waals surface area contributed by atoms with Gasteiger partial charge in [-0.3, -0.25) is 0 Å². The molecule has 0 radical (unpaired) electrons. The molecule has 0 aliphatic heterocycles. The predicted molar refractivity (Wildman–Crippen MR) is 86.7 cm³/mol. The number of hydrogen-bond donors (Lipinski definition) is 1. The highest BCUT2D eigenvalue weighted by atomic mass is 32.2. The van der Waals surface area contributed by atoms with E-state index in [1.54, 1.807) is 23.9 Å². The summed E-state index contributed by atoms with van der Waals surface area (Å²) < 4.78 is 19.2. The molecule has 0 amide bonds. The molecule has 114 valence electrons. The van der Waals surface area contributed by atoms with Crippen LogP contribution in [-0.2, 0) is 12.4 Å². The molecular formula is C13H11FN4OS3. The topological polar surface area (TPSA) is 73.9 Å². The lowest BCUT2D eigenvalue weighted by Crippen LogP contribution is -1.95. The number of ether oxygens (including phenoxy) is 1. The predicted octanol–water partition coefficient (Wildman–Crippen LogP) is 3.59. The Hall–Kier alpha value is -1.71. The van der Waals surface area contributed by atoms with Crippen LogP contribution >= 0.6 is 34.4 Å². The van der Waals surface area contributed by atoms with Gasteiger partial charge in [0.05, 0.1) is 5.69 Å². The molecule has 0 saturated carbocycles. The first-order valence-corrected chi connectivity index (χ1v) is 8.90. The van der Waals surface area contributed by atoms with Crippen LogP contribution < -0.4 is 10.5 Å². The van der Waals surface area contributed by atoms with E-state index in [1.807, 2.05) is 5.38 Å². The molecule has 0 fully saturated rings. The van der Waals surface area contributed by atoms with Crippen molar-refractivity contribution in [2.45, 2.75) is 16.7 Å². The van der Waals surface area contributed by atoms with E-state index in [-0.39, 0.29) is 5.82 Å². The molecule has 0 atom stereocenters. The number of benzene rings is 1. The average Bonchev–Trinajstić information content (AvgIpc) is 3.13. The Morgan fingerprint density at radius 2 is 2.05 bits per heavy atom. The second kappa shape index (κ2) is 7.03. The van der Waals surface area contributed by atoms with Crippen molar-refractivity contribution >= 4 is 39.6 Å². The van der Waals surface area contributed by atoms with E-state index < -0.39 is 0 Å². The summed E-state index contributed by atoms with van der Waals surface area (Å²) in [5.74, 6) is 1.05. The number of thioether (sulfide) groups is 1. The van der Waals surface area contributed by atoms with E-state index in [2.05, 4.69) is 15.2 Å². The van der Waals surface area contributed by atoms with Gasteiger partial charge < -0.3 is 10.5 Å². The summed E-state index contributed by atoms with van der Waals surface area (Å²) in [5, 5.41) is 11.0. The normalized spacial score (nSPS) is 10.8. The maximum Gasteiger partial charge on any atom is 0.203 e. The van der Waals surface area contributed by atoms with Gasteiger partial charge in [0, 0.05) is 11.1 Å². The molecule has 0 spiro atoms. The third kappa shape index (κ3) is 4.15. The van der Waals surface area contributed by atoms with E-state index >= 15 is 0 Å². The van der Waals surface area contributed by atoms with Crippen molar-refractivity contribution in [3.8, 4) is 5.75 Å². The van der Waals surface area contributed by atoms with Crippen LogP contribution in [0.25, 0.3) is 0 Å². The van der Waals surface area contributed by atoms with E-state index in [1.165, 1.54) is 34.8 Å². The maximum absolute atomic E-state index is 12.8. The Morgan fingerprint density at radius 1 is 1.23 bits per heavy atom. The SMILES string of the molecule is Nc1nnc(SCc2csc(COc3ccc(F)cc3)n2)s1. The summed E-state index contributed by atoms with van der Waals surface area (Å²) in [5.41, 5.74) is 6.49. The van der Waals surface area contributed by atoms with Gasteiger partial charge in [-0.05, 0) is 24.3 Å². The van der Waals surface area contributed by atoms with Crippen molar-refractivity contribution in [3.05, 3.63) is 46.2 Å². The average molecular weight is 354 g/mol. The number of nitrogens with zero attached hydrogens (tertiary/aromatic N) is 3. The molecule has 3 aromatic rings. The largest absolute Gasteiger partial charge is 0.486 e. The minimum atomic E-state index is -0.279. The Labute approximate surface area is 138 Å². The number of halogens is 1. The van der Waals surface area contributed by atoms with Gasteiger partial charge in [0.1, 0.15) is 23.2 Å². The van der Waals surface area contributed by atoms with Crippen LogP contribution in [0.1, 0.15) is 10.7 Å². The molecular weight excluding hydrogens is 343 g/mol. The highest BCUT2D eigenvalue weighted by molar-refractivity contribution is 8.00. The fourth-order valence-corrected chi connectivity index (χ4v) is 3.91. The molecule has 0 bridgehead atoms. The molecule has 0 aliphatic rings. The summed E-state index contributed by atoms with van der Waals surface area (Å²) in [6.45, 7) is 0.368. The lowest BCUT2D eigenvalue weighted by atomic mass is 10.3. The Balaban J connectivity index is 1.51.